The molecule has 80 valence electrons. The van der Waals surface area contributed by atoms with Gasteiger partial charge in [0.1, 0.15) is 0 Å². The molecule has 0 aromatic heterocycles. The molecule has 2 fully saturated rings. The second-order valence-corrected chi connectivity index (χ2v) is 4.63. The fourth-order valence-corrected chi connectivity index (χ4v) is 2.82. The number of hydrogen-bond donors (Lipinski definition) is 1. The average Bonchev–Trinajstić information content (AvgIpc) is 2.63. The van der Waals surface area contributed by atoms with Crippen LogP contribution in [0.5, 0.6) is 0 Å². The summed E-state index contributed by atoms with van der Waals surface area (Å²) in [6.07, 6.45) is 9.58. The van der Waals surface area contributed by atoms with E-state index < -0.39 is 0 Å². The fourth-order valence-electron chi connectivity index (χ4n) is 2.82. The highest BCUT2D eigenvalue weighted by atomic mass is 16.5. The maximum atomic E-state index is 5.97. The normalized spacial score (nSPS) is 30.7. The van der Waals surface area contributed by atoms with Crippen molar-refractivity contribution in [1.82, 2.24) is 5.32 Å². The summed E-state index contributed by atoms with van der Waals surface area (Å²) < 4.78 is 5.97. The summed E-state index contributed by atoms with van der Waals surface area (Å²) in [5.74, 6) is 0. The largest absolute Gasteiger partial charge is 0.375 e. The van der Waals surface area contributed by atoms with E-state index in [1.54, 1.807) is 0 Å². The van der Waals surface area contributed by atoms with Crippen molar-refractivity contribution in [3.05, 3.63) is 12.7 Å². The minimum atomic E-state index is 0.247. The zero-order valence-electron chi connectivity index (χ0n) is 8.93. The van der Waals surface area contributed by atoms with E-state index in [-0.39, 0.29) is 5.60 Å². The molecule has 2 aliphatic rings. The molecule has 0 amide bonds. The topological polar surface area (TPSA) is 21.3 Å². The molecular formula is C12H21NO. The van der Waals surface area contributed by atoms with Crippen molar-refractivity contribution in [3.63, 3.8) is 0 Å². The second kappa shape index (κ2) is 4.45. The highest BCUT2D eigenvalue weighted by Gasteiger charge is 2.39. The highest BCUT2D eigenvalue weighted by Crippen LogP contribution is 2.39. The highest BCUT2D eigenvalue weighted by molar-refractivity contribution is 4.93. The molecule has 2 rings (SSSR count). The van der Waals surface area contributed by atoms with E-state index in [0.29, 0.717) is 6.04 Å². The van der Waals surface area contributed by atoms with Gasteiger partial charge < -0.3 is 10.1 Å². The molecule has 1 N–H and O–H groups in total. The van der Waals surface area contributed by atoms with Crippen LogP contribution in [-0.4, -0.2) is 24.8 Å². The lowest BCUT2D eigenvalue weighted by Crippen LogP contribution is -2.45. The SMILES string of the molecule is C=CCNC1CCOC2(CCCC2)C1. The number of rotatable bonds is 3. The van der Waals surface area contributed by atoms with Crippen molar-refractivity contribution in [2.24, 2.45) is 0 Å². The van der Waals surface area contributed by atoms with Crippen molar-refractivity contribution >= 4 is 0 Å². The molecule has 1 atom stereocenters. The Labute approximate surface area is 86.7 Å². The smallest absolute Gasteiger partial charge is 0.0697 e. The van der Waals surface area contributed by atoms with Gasteiger partial charge in [0, 0.05) is 19.2 Å². The number of hydrogen-bond acceptors (Lipinski definition) is 2. The first-order valence-corrected chi connectivity index (χ1v) is 5.83. The summed E-state index contributed by atoms with van der Waals surface area (Å²) in [5, 5.41) is 3.52. The molecule has 1 aliphatic carbocycles. The summed E-state index contributed by atoms with van der Waals surface area (Å²) in [6.45, 7) is 5.61. The maximum Gasteiger partial charge on any atom is 0.0697 e. The van der Waals surface area contributed by atoms with Crippen LogP contribution in [0.4, 0.5) is 0 Å². The van der Waals surface area contributed by atoms with Gasteiger partial charge in [0.05, 0.1) is 5.60 Å². The molecule has 0 radical (unpaired) electrons. The van der Waals surface area contributed by atoms with E-state index in [9.17, 15) is 0 Å². The lowest BCUT2D eigenvalue weighted by molar-refractivity contribution is -0.0831. The summed E-state index contributed by atoms with van der Waals surface area (Å²) >= 11 is 0. The predicted octanol–water partition coefficient (Wildman–Crippen LogP) is 2.25. The van der Waals surface area contributed by atoms with Crippen LogP contribution >= 0.6 is 0 Å². The van der Waals surface area contributed by atoms with Crippen LogP contribution in [0.1, 0.15) is 38.5 Å². The minimum Gasteiger partial charge on any atom is -0.375 e. The third kappa shape index (κ3) is 2.18. The number of ether oxygens (including phenoxy) is 1. The molecular weight excluding hydrogens is 174 g/mol. The van der Waals surface area contributed by atoms with Gasteiger partial charge in [0.2, 0.25) is 0 Å². The molecule has 0 aromatic carbocycles. The first-order chi connectivity index (χ1) is 6.85. The van der Waals surface area contributed by atoms with Gasteiger partial charge in [-0.25, -0.2) is 0 Å². The van der Waals surface area contributed by atoms with Crippen molar-refractivity contribution in [2.75, 3.05) is 13.2 Å². The molecule has 2 heteroatoms. The van der Waals surface area contributed by atoms with Gasteiger partial charge in [-0.2, -0.15) is 0 Å². The Balaban J connectivity index is 1.86. The Bertz CT molecular complexity index is 196. The molecule has 1 spiro atoms. The Morgan fingerprint density at radius 3 is 2.93 bits per heavy atom. The van der Waals surface area contributed by atoms with Gasteiger partial charge in [-0.3, -0.25) is 0 Å². The van der Waals surface area contributed by atoms with E-state index in [1.165, 1.54) is 32.1 Å². The standard InChI is InChI=1S/C12H21NO/c1-2-8-13-11-5-9-14-12(10-11)6-3-4-7-12/h2,11,13H,1,3-10H2. The lowest BCUT2D eigenvalue weighted by atomic mass is 9.89. The second-order valence-electron chi connectivity index (χ2n) is 4.63. The van der Waals surface area contributed by atoms with Crippen LogP contribution < -0.4 is 5.32 Å². The van der Waals surface area contributed by atoms with Gasteiger partial charge in [0.25, 0.3) is 0 Å². The third-order valence-corrected chi connectivity index (χ3v) is 3.56. The van der Waals surface area contributed by atoms with Crippen molar-refractivity contribution in [3.8, 4) is 0 Å². The van der Waals surface area contributed by atoms with E-state index in [4.69, 9.17) is 4.74 Å². The summed E-state index contributed by atoms with van der Waals surface area (Å²) in [7, 11) is 0. The van der Waals surface area contributed by atoms with Crippen LogP contribution in [0.3, 0.4) is 0 Å². The Kier molecular flexibility index (Phi) is 3.24. The molecule has 14 heavy (non-hydrogen) atoms. The first-order valence-electron chi connectivity index (χ1n) is 5.83. The van der Waals surface area contributed by atoms with Gasteiger partial charge in [-0.15, -0.1) is 6.58 Å². The summed E-state index contributed by atoms with van der Waals surface area (Å²) in [5.41, 5.74) is 0.247. The Morgan fingerprint density at radius 1 is 1.43 bits per heavy atom. The summed E-state index contributed by atoms with van der Waals surface area (Å²) in [4.78, 5) is 0. The molecule has 1 unspecified atom stereocenters. The van der Waals surface area contributed by atoms with Gasteiger partial charge in [0.15, 0.2) is 0 Å². The quantitative estimate of drug-likeness (QED) is 0.697. The Morgan fingerprint density at radius 2 is 2.21 bits per heavy atom. The van der Waals surface area contributed by atoms with Gasteiger partial charge in [-0.1, -0.05) is 18.9 Å². The van der Waals surface area contributed by atoms with Crippen LogP contribution in [0.2, 0.25) is 0 Å². The van der Waals surface area contributed by atoms with Gasteiger partial charge >= 0.3 is 0 Å². The molecule has 1 heterocycles. The van der Waals surface area contributed by atoms with Crippen molar-refractivity contribution < 1.29 is 4.74 Å². The fraction of sp³-hybridized carbons (Fsp3) is 0.833. The predicted molar refractivity (Wildman–Crippen MR) is 58.4 cm³/mol. The monoisotopic (exact) mass is 195 g/mol. The molecule has 2 nitrogen and oxygen atoms in total. The third-order valence-electron chi connectivity index (χ3n) is 3.56. The van der Waals surface area contributed by atoms with Crippen LogP contribution in [-0.2, 0) is 4.74 Å². The molecule has 1 aliphatic heterocycles. The van der Waals surface area contributed by atoms with Crippen molar-refractivity contribution in [2.45, 2.75) is 50.2 Å². The van der Waals surface area contributed by atoms with E-state index in [1.807, 2.05) is 6.08 Å². The molecule has 0 bridgehead atoms. The van der Waals surface area contributed by atoms with Crippen LogP contribution in [0.15, 0.2) is 12.7 Å². The van der Waals surface area contributed by atoms with Gasteiger partial charge in [-0.05, 0) is 25.7 Å². The maximum absolute atomic E-state index is 5.97. The summed E-state index contributed by atoms with van der Waals surface area (Å²) in [6, 6.07) is 0.653. The van der Waals surface area contributed by atoms with E-state index >= 15 is 0 Å². The first kappa shape index (κ1) is 10.2. The zero-order chi connectivity index (χ0) is 9.86. The molecule has 1 saturated heterocycles. The van der Waals surface area contributed by atoms with Crippen molar-refractivity contribution in [1.29, 1.82) is 0 Å². The van der Waals surface area contributed by atoms with E-state index in [2.05, 4.69) is 11.9 Å². The lowest BCUT2D eigenvalue weighted by Gasteiger charge is -2.38. The van der Waals surface area contributed by atoms with E-state index in [0.717, 1.165) is 19.6 Å². The van der Waals surface area contributed by atoms with Crippen LogP contribution in [0.25, 0.3) is 0 Å². The molecule has 0 aromatic rings. The molecule has 1 saturated carbocycles. The minimum absolute atomic E-state index is 0.247. The Hall–Kier alpha value is -0.340. The average molecular weight is 195 g/mol. The number of nitrogens with one attached hydrogen (secondary N) is 1. The van der Waals surface area contributed by atoms with Crippen LogP contribution in [0, 0.1) is 0 Å². The zero-order valence-corrected chi connectivity index (χ0v) is 8.93.